The summed E-state index contributed by atoms with van der Waals surface area (Å²) in [6.07, 6.45) is 29.1. The van der Waals surface area contributed by atoms with Gasteiger partial charge in [-0.3, -0.25) is 0 Å². The lowest BCUT2D eigenvalue weighted by atomic mass is 9.63. The van der Waals surface area contributed by atoms with Crippen LogP contribution >= 0.6 is 22.7 Å². The summed E-state index contributed by atoms with van der Waals surface area (Å²) in [4.78, 5) is 2.82. The second-order valence-corrected chi connectivity index (χ2v) is 30.9. The molecule has 0 atom stereocenters. The molecule has 0 spiro atoms. The van der Waals surface area contributed by atoms with Crippen LogP contribution in [-0.4, -0.2) is 0 Å². The fourth-order valence-electron chi connectivity index (χ4n) is 18.8. The maximum atomic E-state index is 2.72. The van der Waals surface area contributed by atoms with Gasteiger partial charge in [0.15, 0.2) is 0 Å². The van der Waals surface area contributed by atoms with Crippen molar-refractivity contribution >= 4 is 32.1 Å². The third-order valence-corrected chi connectivity index (χ3v) is 25.7. The lowest BCUT2D eigenvalue weighted by Crippen LogP contribution is -2.33. The van der Waals surface area contributed by atoms with E-state index in [4.69, 9.17) is 0 Å². The maximum Gasteiger partial charge on any atom is 0.0463 e. The van der Waals surface area contributed by atoms with Crippen molar-refractivity contribution in [3.8, 4) is 87.6 Å². The molecular formula is C90H100S2. The van der Waals surface area contributed by atoms with Gasteiger partial charge in [0.1, 0.15) is 0 Å². The molecular weight excluding hydrogens is 1150 g/mol. The van der Waals surface area contributed by atoms with Crippen LogP contribution in [0.5, 0.6) is 0 Å². The van der Waals surface area contributed by atoms with E-state index in [1.54, 1.807) is 44.5 Å². The van der Waals surface area contributed by atoms with Crippen molar-refractivity contribution < 1.29 is 0 Å². The summed E-state index contributed by atoms with van der Waals surface area (Å²) in [6.45, 7) is 19.3. The minimum Gasteiger partial charge on any atom is -0.134 e. The minimum absolute atomic E-state index is 0.0265. The highest BCUT2D eigenvalue weighted by Gasteiger charge is 2.54. The first-order valence-electron chi connectivity index (χ1n) is 36.8. The first-order valence-corrected chi connectivity index (χ1v) is 38.4. The molecule has 0 amide bonds. The van der Waals surface area contributed by atoms with E-state index < -0.39 is 0 Å². The van der Waals surface area contributed by atoms with Gasteiger partial charge in [0.25, 0.3) is 0 Å². The zero-order valence-electron chi connectivity index (χ0n) is 57.0. The molecule has 10 aromatic rings. The van der Waals surface area contributed by atoms with E-state index >= 15 is 0 Å². The molecule has 0 saturated carbocycles. The number of thiophene rings is 2. The van der Waals surface area contributed by atoms with Gasteiger partial charge >= 0.3 is 0 Å². The van der Waals surface area contributed by atoms with Gasteiger partial charge in [-0.15, -0.1) is 22.7 Å². The van der Waals surface area contributed by atoms with Crippen molar-refractivity contribution in [1.82, 2.24) is 0 Å². The van der Waals surface area contributed by atoms with Gasteiger partial charge < -0.3 is 0 Å². The molecule has 2 heterocycles. The SMILES string of the molecule is CCCCC1(CCCC)c2cc(-c3ccccc3)ccc2-c2ccc3c(c21)C(CCCC)(CCCC)c1cc(-c2cc4sc(-c5ccc6c(c5)C(CCCC)(CCCC)c5c-6ccc6c5C(CCCC)(CCCC)c5cc(-c7ccccc7)ccc5-6)cc4s2)ccc1-3. The van der Waals surface area contributed by atoms with Crippen LogP contribution < -0.4 is 0 Å². The smallest absolute Gasteiger partial charge is 0.0463 e. The number of hydrogen-bond acceptors (Lipinski definition) is 2. The standard InChI is InChI=1S/C90H100S2/c1-9-17-47-87(48-18-10-2)75-55-63(61-31-27-25-28-32-61)35-39-67(75)71-43-45-73-69-41-37-65(57-77(69)89(51-21-13-5,52-22-14-6)85(73)83(71)87)79-59-81-82(91-79)60-80(92-81)66-38-42-70-74-46-44-72-68-40-36-64(62-33-29-26-30-34-62)56-76(68)88(49-19-11-3,50-20-12-4)84(72)86(74)90(53-23-15-7,54-24-16-8)78(70)58-66/h25-46,55-60H,9-24,47-54H2,1-8H3. The van der Waals surface area contributed by atoms with E-state index in [2.05, 4.69) is 225 Å². The molecule has 0 fully saturated rings. The average Bonchev–Trinajstić information content (AvgIpc) is 1.52. The lowest BCUT2D eigenvalue weighted by molar-refractivity contribution is 0.381. The Labute approximate surface area is 561 Å². The van der Waals surface area contributed by atoms with Crippen molar-refractivity contribution in [2.75, 3.05) is 0 Å². The molecule has 0 unspecified atom stereocenters. The van der Waals surface area contributed by atoms with Crippen molar-refractivity contribution in [3.05, 3.63) is 214 Å². The van der Waals surface area contributed by atoms with Gasteiger partial charge in [0.05, 0.1) is 0 Å². The topological polar surface area (TPSA) is 0 Å². The van der Waals surface area contributed by atoms with E-state index in [1.165, 1.54) is 251 Å². The number of unbranched alkanes of at least 4 members (excludes halogenated alkanes) is 8. The molecule has 0 bridgehead atoms. The van der Waals surface area contributed by atoms with Gasteiger partial charge in [-0.05, 0) is 210 Å². The quantitative estimate of drug-likeness (QED) is 0.0458. The fourth-order valence-corrected chi connectivity index (χ4v) is 21.2. The lowest BCUT2D eigenvalue weighted by Gasteiger charge is -2.40. The molecule has 14 rings (SSSR count). The Morgan fingerprint density at radius 1 is 0.228 bits per heavy atom. The zero-order chi connectivity index (χ0) is 63.2. The second kappa shape index (κ2) is 26.3. The first kappa shape index (κ1) is 62.8. The summed E-state index contributed by atoms with van der Waals surface area (Å²) in [5, 5.41) is 0. The monoisotopic (exact) mass is 1240 g/mol. The van der Waals surface area contributed by atoms with Crippen molar-refractivity contribution in [1.29, 1.82) is 0 Å². The Hall–Kier alpha value is -6.58. The Balaban J connectivity index is 0.866. The molecule has 472 valence electrons. The zero-order valence-corrected chi connectivity index (χ0v) is 58.6. The van der Waals surface area contributed by atoms with Gasteiger partial charge in [-0.1, -0.05) is 292 Å². The molecule has 0 saturated heterocycles. The van der Waals surface area contributed by atoms with Crippen LogP contribution in [0, 0.1) is 0 Å². The molecule has 0 radical (unpaired) electrons. The Morgan fingerprint density at radius 2 is 0.457 bits per heavy atom. The van der Waals surface area contributed by atoms with Crippen LogP contribution in [0.4, 0.5) is 0 Å². The van der Waals surface area contributed by atoms with E-state index in [-0.39, 0.29) is 21.7 Å². The summed E-state index contributed by atoms with van der Waals surface area (Å²) >= 11 is 4.05. The third kappa shape index (κ3) is 10.2. The third-order valence-electron chi connectivity index (χ3n) is 23.3. The van der Waals surface area contributed by atoms with Gasteiger partial charge in [-0.2, -0.15) is 0 Å². The molecule has 4 aliphatic carbocycles. The summed E-state index contributed by atoms with van der Waals surface area (Å²) in [5.41, 5.74) is 33.2. The Bertz CT molecular complexity index is 3960. The maximum absolute atomic E-state index is 2.72. The van der Waals surface area contributed by atoms with Crippen LogP contribution in [0.25, 0.3) is 97.0 Å². The first-order chi connectivity index (χ1) is 45.2. The van der Waals surface area contributed by atoms with Gasteiger partial charge in [0.2, 0.25) is 0 Å². The van der Waals surface area contributed by atoms with Crippen LogP contribution in [0.15, 0.2) is 170 Å². The van der Waals surface area contributed by atoms with Crippen LogP contribution in [-0.2, 0) is 21.7 Å². The van der Waals surface area contributed by atoms with E-state index in [1.807, 2.05) is 22.7 Å². The normalized spacial score (nSPS) is 15.3. The minimum atomic E-state index is -0.0486. The molecule has 0 N–H and O–H groups in total. The van der Waals surface area contributed by atoms with Gasteiger partial charge in [-0.25, -0.2) is 0 Å². The highest BCUT2D eigenvalue weighted by molar-refractivity contribution is 7.31. The highest BCUT2D eigenvalue weighted by Crippen LogP contribution is 2.67. The predicted octanol–water partition coefficient (Wildman–Crippen LogP) is 28.2. The predicted molar refractivity (Wildman–Crippen MR) is 403 cm³/mol. The summed E-state index contributed by atoms with van der Waals surface area (Å²) in [6, 6.07) is 68.6. The summed E-state index contributed by atoms with van der Waals surface area (Å²) in [7, 11) is 0. The number of benzene rings is 8. The van der Waals surface area contributed by atoms with E-state index in [0.717, 1.165) is 0 Å². The molecule has 8 aromatic carbocycles. The largest absolute Gasteiger partial charge is 0.134 e. The van der Waals surface area contributed by atoms with Crippen molar-refractivity contribution in [2.24, 2.45) is 0 Å². The molecule has 2 heteroatoms. The molecule has 0 aliphatic heterocycles. The van der Waals surface area contributed by atoms with Crippen LogP contribution in [0.3, 0.4) is 0 Å². The Morgan fingerprint density at radius 3 is 0.707 bits per heavy atom. The second-order valence-electron chi connectivity index (χ2n) is 28.7. The van der Waals surface area contributed by atoms with Gasteiger partial charge in [0, 0.05) is 40.8 Å². The number of rotatable bonds is 28. The molecule has 4 aliphatic rings. The van der Waals surface area contributed by atoms with E-state index in [9.17, 15) is 0 Å². The van der Waals surface area contributed by atoms with Crippen molar-refractivity contribution in [3.63, 3.8) is 0 Å². The fraction of sp³-hybridized carbons (Fsp3) is 0.400. The molecule has 92 heavy (non-hydrogen) atoms. The molecule has 0 nitrogen and oxygen atoms in total. The highest BCUT2D eigenvalue weighted by atomic mass is 32.1. The Kier molecular flexibility index (Phi) is 18.0. The summed E-state index contributed by atoms with van der Waals surface area (Å²) < 4.78 is 2.84. The number of hydrogen-bond donors (Lipinski definition) is 0. The summed E-state index contributed by atoms with van der Waals surface area (Å²) in [5.74, 6) is 0. The van der Waals surface area contributed by atoms with Crippen LogP contribution in [0.1, 0.15) is 254 Å². The average molecular weight is 1250 g/mol. The molecule has 2 aromatic heterocycles. The van der Waals surface area contributed by atoms with Crippen molar-refractivity contribution in [2.45, 2.75) is 231 Å². The van der Waals surface area contributed by atoms with E-state index in [0.29, 0.717) is 0 Å². The van der Waals surface area contributed by atoms with Crippen LogP contribution in [0.2, 0.25) is 0 Å². The number of fused-ring (bicyclic) bond motifs is 15.